The van der Waals surface area contributed by atoms with Crippen molar-refractivity contribution in [1.82, 2.24) is 4.98 Å². The minimum absolute atomic E-state index is 0.545. The number of hydrogen-bond acceptors (Lipinski definition) is 3. The molecule has 1 aromatic heterocycles. The number of benzene rings is 2. The van der Waals surface area contributed by atoms with Crippen LogP contribution in [0.1, 0.15) is 18.4 Å². The van der Waals surface area contributed by atoms with Gasteiger partial charge in [-0.2, -0.15) is 0 Å². The Morgan fingerprint density at radius 3 is 2.62 bits per heavy atom. The van der Waals surface area contributed by atoms with Crippen molar-refractivity contribution >= 4 is 22.4 Å². The molecule has 0 unspecified atom stereocenters. The van der Waals surface area contributed by atoms with Gasteiger partial charge >= 0.3 is 0 Å². The Kier molecular flexibility index (Phi) is 4.08. The van der Waals surface area contributed by atoms with Crippen LogP contribution in [0.2, 0.25) is 0 Å². The van der Waals surface area contributed by atoms with Crippen molar-refractivity contribution in [2.75, 3.05) is 23.3 Å². The number of nitrogens with one attached hydrogen (secondary N) is 1. The van der Waals surface area contributed by atoms with Crippen LogP contribution in [0.3, 0.4) is 0 Å². The molecule has 4 rings (SSSR count). The van der Waals surface area contributed by atoms with Crippen LogP contribution < -0.4 is 10.2 Å². The predicted molar refractivity (Wildman–Crippen MR) is 102 cm³/mol. The molecule has 1 aliphatic rings. The van der Waals surface area contributed by atoms with E-state index in [2.05, 4.69) is 77.8 Å². The van der Waals surface area contributed by atoms with Crippen molar-refractivity contribution in [3.8, 4) is 0 Å². The third-order valence-corrected chi connectivity index (χ3v) is 4.79. The molecule has 0 saturated carbocycles. The number of aromatic nitrogens is 1. The van der Waals surface area contributed by atoms with Crippen molar-refractivity contribution in [2.45, 2.75) is 25.8 Å². The second-order valence-corrected chi connectivity index (χ2v) is 6.64. The van der Waals surface area contributed by atoms with Crippen LogP contribution in [-0.2, 0) is 0 Å². The minimum atomic E-state index is 0.545. The summed E-state index contributed by atoms with van der Waals surface area (Å²) in [5, 5.41) is 4.88. The summed E-state index contributed by atoms with van der Waals surface area (Å²) in [6.07, 6.45) is 2.28. The van der Waals surface area contributed by atoms with Crippen LogP contribution in [0.25, 0.3) is 10.9 Å². The van der Waals surface area contributed by atoms with E-state index < -0.39 is 0 Å². The number of aryl methyl sites for hydroxylation is 1. The van der Waals surface area contributed by atoms with E-state index in [9.17, 15) is 0 Å². The molecular weight excluding hydrogens is 294 g/mol. The Labute approximate surface area is 143 Å². The van der Waals surface area contributed by atoms with E-state index >= 15 is 0 Å². The van der Waals surface area contributed by atoms with Crippen molar-refractivity contribution in [3.05, 3.63) is 66.2 Å². The highest BCUT2D eigenvalue weighted by Gasteiger charge is 2.20. The summed E-state index contributed by atoms with van der Waals surface area (Å²) < 4.78 is 0. The largest absolute Gasteiger partial charge is 0.382 e. The van der Waals surface area contributed by atoms with Crippen LogP contribution in [-0.4, -0.2) is 24.1 Å². The van der Waals surface area contributed by atoms with Gasteiger partial charge in [0, 0.05) is 30.2 Å². The van der Waals surface area contributed by atoms with Crippen molar-refractivity contribution in [3.63, 3.8) is 0 Å². The molecule has 1 fully saturated rings. The van der Waals surface area contributed by atoms with Crippen molar-refractivity contribution < 1.29 is 0 Å². The van der Waals surface area contributed by atoms with E-state index in [-0.39, 0.29) is 0 Å². The monoisotopic (exact) mass is 317 g/mol. The van der Waals surface area contributed by atoms with E-state index in [4.69, 9.17) is 4.98 Å². The zero-order valence-corrected chi connectivity index (χ0v) is 14.1. The van der Waals surface area contributed by atoms with Gasteiger partial charge in [0.05, 0.1) is 5.52 Å². The Hall–Kier alpha value is -2.55. The molecule has 24 heavy (non-hydrogen) atoms. The normalized spacial score (nSPS) is 15.6. The molecule has 0 bridgehead atoms. The molecule has 1 saturated heterocycles. The van der Waals surface area contributed by atoms with Gasteiger partial charge in [-0.05, 0) is 55.7 Å². The summed E-state index contributed by atoms with van der Waals surface area (Å²) in [4.78, 5) is 7.23. The highest BCUT2D eigenvalue weighted by molar-refractivity contribution is 5.80. The molecule has 3 heteroatoms. The first kappa shape index (κ1) is 15.0. The number of para-hydroxylation sites is 1. The van der Waals surface area contributed by atoms with Gasteiger partial charge in [0.15, 0.2) is 0 Å². The van der Waals surface area contributed by atoms with Gasteiger partial charge in [0.2, 0.25) is 0 Å². The number of piperidine rings is 1. The zero-order chi connectivity index (χ0) is 16.4. The highest BCUT2D eigenvalue weighted by Crippen LogP contribution is 2.23. The summed E-state index contributed by atoms with van der Waals surface area (Å²) in [5.74, 6) is 1.10. The fourth-order valence-electron chi connectivity index (χ4n) is 3.45. The Morgan fingerprint density at radius 1 is 0.958 bits per heavy atom. The van der Waals surface area contributed by atoms with Crippen molar-refractivity contribution in [2.24, 2.45) is 0 Å². The highest BCUT2D eigenvalue weighted by atomic mass is 15.2. The molecule has 1 aliphatic heterocycles. The van der Waals surface area contributed by atoms with E-state index in [1.807, 2.05) is 0 Å². The maximum absolute atomic E-state index is 4.83. The molecule has 0 amide bonds. The van der Waals surface area contributed by atoms with Gasteiger partial charge in [-0.3, -0.25) is 0 Å². The molecule has 3 aromatic rings. The Morgan fingerprint density at radius 2 is 1.79 bits per heavy atom. The smallest absolute Gasteiger partial charge is 0.129 e. The van der Waals surface area contributed by atoms with E-state index in [0.717, 1.165) is 37.3 Å². The number of rotatable bonds is 3. The maximum atomic E-state index is 4.83. The molecule has 1 N–H and O–H groups in total. The molecule has 122 valence electrons. The quantitative estimate of drug-likeness (QED) is 0.764. The second kappa shape index (κ2) is 6.52. The molecule has 0 radical (unpaired) electrons. The van der Waals surface area contributed by atoms with Crippen LogP contribution in [0.4, 0.5) is 11.5 Å². The standard InChI is InChI=1S/C21H23N3/c1-16-5-4-7-19(15-16)22-18-11-13-24(14-12-18)21-10-9-17-6-2-3-8-20(17)23-21/h2-10,15,18,22H,11-14H2,1H3. The van der Waals surface area contributed by atoms with Crippen molar-refractivity contribution in [1.29, 1.82) is 0 Å². The predicted octanol–water partition coefficient (Wildman–Crippen LogP) is 4.62. The average molecular weight is 317 g/mol. The molecular formula is C21H23N3. The molecule has 2 aromatic carbocycles. The Bertz CT molecular complexity index is 835. The molecule has 0 aliphatic carbocycles. The van der Waals surface area contributed by atoms with E-state index in [1.54, 1.807) is 0 Å². The fourth-order valence-corrected chi connectivity index (χ4v) is 3.45. The van der Waals surface area contributed by atoms with Gasteiger partial charge in [-0.15, -0.1) is 0 Å². The van der Waals surface area contributed by atoms with E-state index in [1.165, 1.54) is 16.6 Å². The summed E-state index contributed by atoms with van der Waals surface area (Å²) in [6.45, 7) is 4.24. The second-order valence-electron chi connectivity index (χ2n) is 6.64. The first-order chi connectivity index (χ1) is 11.8. The third kappa shape index (κ3) is 3.21. The van der Waals surface area contributed by atoms with Crippen LogP contribution in [0.15, 0.2) is 60.7 Å². The summed E-state index contributed by atoms with van der Waals surface area (Å²) in [6, 6.07) is 21.8. The molecule has 2 heterocycles. The van der Waals surface area contributed by atoms with Crippen LogP contribution in [0.5, 0.6) is 0 Å². The fraction of sp³-hybridized carbons (Fsp3) is 0.286. The maximum Gasteiger partial charge on any atom is 0.129 e. The lowest BCUT2D eigenvalue weighted by molar-refractivity contribution is 0.524. The lowest BCUT2D eigenvalue weighted by Gasteiger charge is -2.33. The lowest BCUT2D eigenvalue weighted by Crippen LogP contribution is -2.39. The number of pyridine rings is 1. The number of hydrogen-bond donors (Lipinski definition) is 1. The first-order valence-electron chi connectivity index (χ1n) is 8.72. The van der Waals surface area contributed by atoms with Gasteiger partial charge in [0.25, 0.3) is 0 Å². The molecule has 0 atom stereocenters. The number of fused-ring (bicyclic) bond motifs is 1. The number of nitrogens with zero attached hydrogens (tertiary/aromatic N) is 2. The molecule has 3 nitrogen and oxygen atoms in total. The van der Waals surface area contributed by atoms with Gasteiger partial charge in [-0.25, -0.2) is 4.98 Å². The Balaban J connectivity index is 1.41. The van der Waals surface area contributed by atoms with Gasteiger partial charge in [0.1, 0.15) is 5.82 Å². The lowest BCUT2D eigenvalue weighted by atomic mass is 10.0. The SMILES string of the molecule is Cc1cccc(NC2CCN(c3ccc4ccccc4n3)CC2)c1. The third-order valence-electron chi connectivity index (χ3n) is 4.79. The average Bonchev–Trinajstić information content (AvgIpc) is 2.62. The van der Waals surface area contributed by atoms with Gasteiger partial charge < -0.3 is 10.2 Å². The summed E-state index contributed by atoms with van der Waals surface area (Å²) >= 11 is 0. The first-order valence-corrected chi connectivity index (χ1v) is 8.72. The van der Waals surface area contributed by atoms with Crippen LogP contribution in [0, 0.1) is 6.92 Å². The molecule has 0 spiro atoms. The summed E-state index contributed by atoms with van der Waals surface area (Å²) in [5.41, 5.74) is 3.62. The summed E-state index contributed by atoms with van der Waals surface area (Å²) in [7, 11) is 0. The van der Waals surface area contributed by atoms with Crippen LogP contribution >= 0.6 is 0 Å². The topological polar surface area (TPSA) is 28.2 Å². The van der Waals surface area contributed by atoms with E-state index in [0.29, 0.717) is 6.04 Å². The number of anilines is 2. The van der Waals surface area contributed by atoms with Gasteiger partial charge in [-0.1, -0.05) is 30.3 Å². The minimum Gasteiger partial charge on any atom is -0.382 e. The zero-order valence-electron chi connectivity index (χ0n) is 14.1.